The van der Waals surface area contributed by atoms with E-state index in [2.05, 4.69) is 10.4 Å². The van der Waals surface area contributed by atoms with E-state index in [-0.39, 0.29) is 18.0 Å². The van der Waals surface area contributed by atoms with E-state index in [1.54, 1.807) is 6.07 Å². The maximum absolute atomic E-state index is 12.5. The highest BCUT2D eigenvalue weighted by Gasteiger charge is 2.11. The Labute approximate surface area is 168 Å². The molecule has 1 amide bonds. The van der Waals surface area contributed by atoms with Crippen LogP contribution in [-0.4, -0.2) is 15.7 Å². The molecule has 0 fully saturated rings. The van der Waals surface area contributed by atoms with Crippen molar-refractivity contribution < 1.29 is 4.79 Å². The molecule has 1 N–H and O–H groups in total. The van der Waals surface area contributed by atoms with Gasteiger partial charge in [0.1, 0.15) is 6.54 Å². The fourth-order valence-corrected chi connectivity index (χ4v) is 3.37. The lowest BCUT2D eigenvalue weighted by Gasteiger charge is -2.12. The molecule has 144 valence electrons. The summed E-state index contributed by atoms with van der Waals surface area (Å²) in [6, 6.07) is 22.9. The fraction of sp³-hybridized carbons (Fsp3) is 0.125. The Morgan fingerprint density at radius 1 is 0.931 bits per heavy atom. The topological polar surface area (TPSA) is 64.0 Å². The Balaban J connectivity index is 1.64. The first-order chi connectivity index (χ1) is 14.0. The number of carbonyl (C=O) groups is 1. The van der Waals surface area contributed by atoms with Crippen LogP contribution in [0.4, 0.5) is 5.69 Å². The van der Waals surface area contributed by atoms with E-state index in [1.807, 2.05) is 74.5 Å². The monoisotopic (exact) mass is 383 g/mol. The summed E-state index contributed by atoms with van der Waals surface area (Å²) in [7, 11) is 0. The van der Waals surface area contributed by atoms with Gasteiger partial charge in [-0.2, -0.15) is 5.10 Å². The zero-order chi connectivity index (χ0) is 20.4. The number of hydrogen-bond acceptors (Lipinski definition) is 3. The second-order valence-corrected chi connectivity index (χ2v) is 7.04. The quantitative estimate of drug-likeness (QED) is 0.571. The lowest BCUT2D eigenvalue weighted by Crippen LogP contribution is -2.29. The number of aromatic nitrogens is 2. The molecule has 0 bridgehead atoms. The van der Waals surface area contributed by atoms with Crippen molar-refractivity contribution in [2.24, 2.45) is 0 Å². The highest BCUT2D eigenvalue weighted by atomic mass is 16.2. The van der Waals surface area contributed by atoms with Crippen LogP contribution in [0.3, 0.4) is 0 Å². The van der Waals surface area contributed by atoms with Crippen LogP contribution in [0.5, 0.6) is 0 Å². The summed E-state index contributed by atoms with van der Waals surface area (Å²) in [4.78, 5) is 24.8. The first-order valence-electron chi connectivity index (χ1n) is 9.45. The van der Waals surface area contributed by atoms with Crippen molar-refractivity contribution in [1.29, 1.82) is 0 Å². The number of benzene rings is 3. The van der Waals surface area contributed by atoms with Crippen molar-refractivity contribution in [3.8, 4) is 11.3 Å². The van der Waals surface area contributed by atoms with Gasteiger partial charge in [-0.05, 0) is 47.9 Å². The van der Waals surface area contributed by atoms with Crippen molar-refractivity contribution in [3.63, 3.8) is 0 Å². The third-order valence-electron chi connectivity index (χ3n) is 5.10. The number of carbonyl (C=O) groups excluding carboxylic acids is 1. The normalized spacial score (nSPS) is 10.8. The SMILES string of the molecule is Cc1cccc(NC(=O)Cn2nc(-c3cccc4ccccc34)ccc2=O)c1C. The molecule has 1 aromatic heterocycles. The summed E-state index contributed by atoms with van der Waals surface area (Å²) in [6.07, 6.45) is 0. The van der Waals surface area contributed by atoms with E-state index in [0.717, 1.165) is 33.2 Å². The van der Waals surface area contributed by atoms with Crippen LogP contribution in [-0.2, 0) is 11.3 Å². The van der Waals surface area contributed by atoms with E-state index >= 15 is 0 Å². The van der Waals surface area contributed by atoms with E-state index < -0.39 is 0 Å². The van der Waals surface area contributed by atoms with Crippen LogP contribution in [0.25, 0.3) is 22.0 Å². The Morgan fingerprint density at radius 2 is 1.69 bits per heavy atom. The van der Waals surface area contributed by atoms with Crippen molar-refractivity contribution in [2.75, 3.05) is 5.32 Å². The molecule has 3 aromatic carbocycles. The first-order valence-corrected chi connectivity index (χ1v) is 9.45. The number of hydrogen-bond donors (Lipinski definition) is 1. The van der Waals surface area contributed by atoms with Gasteiger partial charge in [0.05, 0.1) is 5.69 Å². The predicted molar refractivity (Wildman–Crippen MR) is 116 cm³/mol. The molecule has 0 saturated carbocycles. The molecular formula is C24H21N3O2. The molecule has 0 radical (unpaired) electrons. The molecule has 0 aliphatic heterocycles. The third kappa shape index (κ3) is 3.80. The molecule has 4 aromatic rings. The van der Waals surface area contributed by atoms with Gasteiger partial charge in [0.2, 0.25) is 5.91 Å². The minimum absolute atomic E-state index is 0.148. The standard InChI is InChI=1S/C24H21N3O2/c1-16-7-5-12-21(17(16)2)25-23(28)15-27-24(29)14-13-22(26-27)20-11-6-9-18-8-3-4-10-19(18)20/h3-14H,15H2,1-2H3,(H,25,28). The zero-order valence-corrected chi connectivity index (χ0v) is 16.3. The van der Waals surface area contributed by atoms with Crippen molar-refractivity contribution in [2.45, 2.75) is 20.4 Å². The Bertz CT molecular complexity index is 1270. The molecular weight excluding hydrogens is 362 g/mol. The number of anilines is 1. The van der Waals surface area contributed by atoms with Crippen LogP contribution in [0.2, 0.25) is 0 Å². The lowest BCUT2D eigenvalue weighted by molar-refractivity contribution is -0.117. The summed E-state index contributed by atoms with van der Waals surface area (Å²) < 4.78 is 1.21. The molecule has 4 rings (SSSR count). The van der Waals surface area contributed by atoms with E-state index in [4.69, 9.17) is 0 Å². The van der Waals surface area contributed by atoms with Gasteiger partial charge in [-0.25, -0.2) is 4.68 Å². The molecule has 1 heterocycles. The number of nitrogens with one attached hydrogen (secondary N) is 1. The van der Waals surface area contributed by atoms with Crippen molar-refractivity contribution in [3.05, 3.63) is 94.3 Å². The minimum atomic E-state index is -0.315. The number of nitrogens with zero attached hydrogens (tertiary/aromatic N) is 2. The summed E-state index contributed by atoms with van der Waals surface area (Å²) >= 11 is 0. The molecule has 0 saturated heterocycles. The van der Waals surface area contributed by atoms with Crippen LogP contribution < -0.4 is 10.9 Å². The largest absolute Gasteiger partial charge is 0.324 e. The highest BCUT2D eigenvalue weighted by Crippen LogP contribution is 2.26. The molecule has 5 heteroatoms. The Morgan fingerprint density at radius 3 is 2.55 bits per heavy atom. The summed E-state index contributed by atoms with van der Waals surface area (Å²) in [5.74, 6) is -0.289. The van der Waals surface area contributed by atoms with Gasteiger partial charge < -0.3 is 5.32 Å². The summed E-state index contributed by atoms with van der Waals surface area (Å²) in [5.41, 5.74) is 4.10. The number of rotatable bonds is 4. The molecule has 0 atom stereocenters. The average molecular weight is 383 g/mol. The van der Waals surface area contributed by atoms with E-state index in [9.17, 15) is 9.59 Å². The maximum Gasteiger partial charge on any atom is 0.267 e. The van der Waals surface area contributed by atoms with Crippen LogP contribution in [0.1, 0.15) is 11.1 Å². The molecule has 29 heavy (non-hydrogen) atoms. The van der Waals surface area contributed by atoms with Crippen LogP contribution in [0.15, 0.2) is 77.6 Å². The average Bonchev–Trinajstić information content (AvgIpc) is 2.73. The molecule has 0 aliphatic carbocycles. The fourth-order valence-electron chi connectivity index (χ4n) is 3.37. The Kier molecular flexibility index (Phi) is 4.96. The molecule has 0 aliphatic rings. The van der Waals surface area contributed by atoms with Gasteiger partial charge in [0.15, 0.2) is 0 Å². The smallest absolute Gasteiger partial charge is 0.267 e. The molecule has 0 spiro atoms. The highest BCUT2D eigenvalue weighted by molar-refractivity contribution is 5.95. The van der Waals surface area contributed by atoms with Gasteiger partial charge in [0, 0.05) is 17.3 Å². The number of fused-ring (bicyclic) bond motifs is 1. The third-order valence-corrected chi connectivity index (χ3v) is 5.10. The van der Waals surface area contributed by atoms with Gasteiger partial charge in [0.25, 0.3) is 5.56 Å². The van der Waals surface area contributed by atoms with Crippen molar-refractivity contribution >= 4 is 22.4 Å². The predicted octanol–water partition coefficient (Wildman–Crippen LogP) is 4.32. The molecule has 0 unspecified atom stereocenters. The van der Waals surface area contributed by atoms with Crippen molar-refractivity contribution in [1.82, 2.24) is 9.78 Å². The van der Waals surface area contributed by atoms with Gasteiger partial charge in [-0.15, -0.1) is 0 Å². The van der Waals surface area contributed by atoms with Gasteiger partial charge >= 0.3 is 0 Å². The second-order valence-electron chi connectivity index (χ2n) is 7.04. The number of amides is 1. The maximum atomic E-state index is 12.5. The van der Waals surface area contributed by atoms with E-state index in [1.165, 1.54) is 10.7 Å². The summed E-state index contributed by atoms with van der Waals surface area (Å²) in [5, 5.41) is 9.48. The van der Waals surface area contributed by atoms with Gasteiger partial charge in [-0.3, -0.25) is 9.59 Å². The van der Waals surface area contributed by atoms with Gasteiger partial charge in [-0.1, -0.05) is 54.6 Å². The zero-order valence-electron chi connectivity index (χ0n) is 16.3. The minimum Gasteiger partial charge on any atom is -0.324 e. The first kappa shape index (κ1) is 18.6. The van der Waals surface area contributed by atoms with Crippen LogP contribution in [0, 0.1) is 13.8 Å². The second kappa shape index (κ2) is 7.72. The Hall–Kier alpha value is -3.73. The van der Waals surface area contributed by atoms with Crippen LogP contribution >= 0.6 is 0 Å². The lowest BCUT2D eigenvalue weighted by atomic mass is 10.0. The van der Waals surface area contributed by atoms with E-state index in [0.29, 0.717) is 5.69 Å². The summed E-state index contributed by atoms with van der Waals surface area (Å²) in [6.45, 7) is 3.80. The molecule has 5 nitrogen and oxygen atoms in total. The number of aryl methyl sites for hydroxylation is 1.